The molecule has 0 bridgehead atoms. The average Bonchev–Trinajstić information content (AvgIpc) is 2.27. The molecule has 1 aromatic carbocycles. The highest BCUT2D eigenvalue weighted by Crippen LogP contribution is 2.29. The van der Waals surface area contributed by atoms with Gasteiger partial charge in [0.2, 0.25) is 0 Å². The van der Waals surface area contributed by atoms with Crippen molar-refractivity contribution in [3.8, 4) is 6.07 Å². The van der Waals surface area contributed by atoms with Gasteiger partial charge >= 0.3 is 0 Å². The van der Waals surface area contributed by atoms with Crippen LogP contribution in [0, 0.1) is 11.3 Å². The third-order valence-electron chi connectivity index (χ3n) is 2.66. The number of anilines is 1. The Morgan fingerprint density at radius 2 is 1.67 bits per heavy atom. The lowest BCUT2D eigenvalue weighted by molar-refractivity contribution is 0.141. The SMILES string of the molecule is CN(C)c1ccc(C(C)(C#N)O[Si](C)(C)C)cc1. The number of rotatable bonds is 4. The third-order valence-corrected chi connectivity index (χ3v) is 3.68. The lowest BCUT2D eigenvalue weighted by atomic mass is 9.97. The molecule has 3 nitrogen and oxygen atoms in total. The summed E-state index contributed by atoms with van der Waals surface area (Å²) in [6.07, 6.45) is 0. The Labute approximate surface area is 111 Å². The van der Waals surface area contributed by atoms with E-state index in [2.05, 4.69) is 25.7 Å². The predicted molar refractivity (Wildman–Crippen MR) is 78.2 cm³/mol. The summed E-state index contributed by atoms with van der Waals surface area (Å²) in [6, 6.07) is 10.3. The van der Waals surface area contributed by atoms with Crippen LogP contribution in [0.1, 0.15) is 12.5 Å². The van der Waals surface area contributed by atoms with Crippen LogP contribution in [0.2, 0.25) is 19.6 Å². The van der Waals surface area contributed by atoms with Gasteiger partial charge in [0.25, 0.3) is 0 Å². The van der Waals surface area contributed by atoms with Crippen LogP contribution in [0.3, 0.4) is 0 Å². The maximum atomic E-state index is 9.42. The Morgan fingerprint density at radius 3 is 2.00 bits per heavy atom. The summed E-state index contributed by atoms with van der Waals surface area (Å²) in [5.74, 6) is 0. The Morgan fingerprint density at radius 1 is 1.17 bits per heavy atom. The molecule has 0 aliphatic heterocycles. The molecule has 0 aliphatic rings. The van der Waals surface area contributed by atoms with Crippen molar-refractivity contribution in [2.45, 2.75) is 32.2 Å². The molecule has 0 N–H and O–H groups in total. The molecule has 0 radical (unpaired) electrons. The minimum atomic E-state index is -1.76. The topological polar surface area (TPSA) is 36.3 Å². The second kappa shape index (κ2) is 5.13. The van der Waals surface area contributed by atoms with Gasteiger partial charge in [-0.2, -0.15) is 5.26 Å². The van der Waals surface area contributed by atoms with Crippen LogP contribution >= 0.6 is 0 Å². The fraction of sp³-hybridized carbons (Fsp3) is 0.500. The number of nitriles is 1. The molecule has 1 unspecified atom stereocenters. The molecule has 0 spiro atoms. The minimum Gasteiger partial charge on any atom is -0.397 e. The van der Waals surface area contributed by atoms with Crippen molar-refractivity contribution < 1.29 is 4.43 Å². The van der Waals surface area contributed by atoms with Crippen LogP contribution in [0.5, 0.6) is 0 Å². The fourth-order valence-electron chi connectivity index (χ4n) is 1.84. The quantitative estimate of drug-likeness (QED) is 0.781. The van der Waals surface area contributed by atoms with Gasteiger partial charge in [0.1, 0.15) is 6.07 Å². The van der Waals surface area contributed by atoms with Crippen LogP contribution in [0.4, 0.5) is 5.69 Å². The van der Waals surface area contributed by atoms with Crippen molar-refractivity contribution in [3.63, 3.8) is 0 Å². The molecule has 1 aromatic rings. The highest BCUT2D eigenvalue weighted by molar-refractivity contribution is 6.69. The van der Waals surface area contributed by atoms with Gasteiger partial charge in [-0.05, 0) is 44.3 Å². The van der Waals surface area contributed by atoms with E-state index < -0.39 is 13.9 Å². The Balaban J connectivity index is 3.06. The molecule has 0 fully saturated rings. The molecular formula is C14H22N2OSi. The van der Waals surface area contributed by atoms with E-state index >= 15 is 0 Å². The van der Waals surface area contributed by atoms with Gasteiger partial charge < -0.3 is 9.33 Å². The monoisotopic (exact) mass is 262 g/mol. The van der Waals surface area contributed by atoms with E-state index in [-0.39, 0.29) is 0 Å². The maximum absolute atomic E-state index is 9.42. The summed E-state index contributed by atoms with van der Waals surface area (Å²) in [5.41, 5.74) is 1.18. The summed E-state index contributed by atoms with van der Waals surface area (Å²) in [6.45, 7) is 8.13. The molecule has 0 saturated carbocycles. The van der Waals surface area contributed by atoms with Crippen molar-refractivity contribution >= 4 is 14.0 Å². The lowest BCUT2D eigenvalue weighted by Crippen LogP contribution is -2.37. The number of nitrogens with zero attached hydrogens (tertiary/aromatic N) is 2. The number of hydrogen-bond donors (Lipinski definition) is 0. The highest BCUT2D eigenvalue weighted by atomic mass is 28.4. The molecule has 98 valence electrons. The minimum absolute atomic E-state index is 0.852. The molecular weight excluding hydrogens is 240 g/mol. The molecule has 0 saturated heterocycles. The van der Waals surface area contributed by atoms with E-state index in [1.165, 1.54) is 0 Å². The van der Waals surface area contributed by atoms with E-state index in [4.69, 9.17) is 4.43 Å². The molecule has 0 aromatic heterocycles. The Bertz CT molecular complexity index is 442. The van der Waals surface area contributed by atoms with Crippen molar-refractivity contribution in [2.24, 2.45) is 0 Å². The van der Waals surface area contributed by atoms with Gasteiger partial charge in [-0.3, -0.25) is 0 Å². The summed E-state index contributed by atoms with van der Waals surface area (Å²) < 4.78 is 6.03. The molecule has 1 rings (SSSR count). The standard InChI is InChI=1S/C14H22N2OSi/c1-14(11-15,17-18(4,5)6)12-7-9-13(10-8-12)16(2)3/h7-10H,1-6H3. The molecule has 0 aliphatic carbocycles. The maximum Gasteiger partial charge on any atom is 0.186 e. The summed E-state index contributed by atoms with van der Waals surface area (Å²) in [5, 5.41) is 9.42. The van der Waals surface area contributed by atoms with Crippen molar-refractivity contribution in [1.82, 2.24) is 0 Å². The lowest BCUT2D eigenvalue weighted by Gasteiger charge is -2.31. The second-order valence-electron chi connectivity index (χ2n) is 5.80. The molecule has 1 atom stereocenters. The van der Waals surface area contributed by atoms with E-state index in [0.717, 1.165) is 11.3 Å². The predicted octanol–water partition coefficient (Wildman–Crippen LogP) is 3.34. The van der Waals surface area contributed by atoms with Crippen LogP contribution in [-0.4, -0.2) is 22.4 Å². The normalized spacial score (nSPS) is 14.7. The van der Waals surface area contributed by atoms with Crippen molar-refractivity contribution in [2.75, 3.05) is 19.0 Å². The molecule has 0 amide bonds. The molecule has 4 heteroatoms. The van der Waals surface area contributed by atoms with Crippen LogP contribution < -0.4 is 4.90 Å². The fourth-order valence-corrected chi connectivity index (χ4v) is 3.22. The summed E-state index contributed by atoms with van der Waals surface area (Å²) >= 11 is 0. The molecule has 18 heavy (non-hydrogen) atoms. The van der Waals surface area contributed by atoms with Gasteiger partial charge in [-0.1, -0.05) is 12.1 Å². The first-order chi connectivity index (χ1) is 8.18. The summed E-state index contributed by atoms with van der Waals surface area (Å²) in [4.78, 5) is 2.03. The van der Waals surface area contributed by atoms with Crippen LogP contribution in [0.15, 0.2) is 24.3 Å². The number of benzene rings is 1. The zero-order chi connectivity index (χ0) is 14.0. The van der Waals surface area contributed by atoms with E-state index in [1.807, 2.05) is 50.2 Å². The van der Waals surface area contributed by atoms with Gasteiger partial charge in [0.05, 0.1) is 0 Å². The Kier molecular flexibility index (Phi) is 4.20. The zero-order valence-corrected chi connectivity index (χ0v) is 13.1. The second-order valence-corrected chi connectivity index (χ2v) is 10.2. The third kappa shape index (κ3) is 3.59. The van der Waals surface area contributed by atoms with E-state index in [1.54, 1.807) is 0 Å². The van der Waals surface area contributed by atoms with E-state index in [0.29, 0.717) is 0 Å². The van der Waals surface area contributed by atoms with Crippen molar-refractivity contribution in [3.05, 3.63) is 29.8 Å². The molecule has 0 heterocycles. The van der Waals surface area contributed by atoms with Gasteiger partial charge in [0.15, 0.2) is 13.9 Å². The average molecular weight is 262 g/mol. The van der Waals surface area contributed by atoms with Crippen LogP contribution in [-0.2, 0) is 10.0 Å². The first-order valence-electron chi connectivity index (χ1n) is 6.07. The van der Waals surface area contributed by atoms with Gasteiger partial charge in [-0.15, -0.1) is 0 Å². The van der Waals surface area contributed by atoms with Gasteiger partial charge in [0, 0.05) is 19.8 Å². The largest absolute Gasteiger partial charge is 0.397 e. The first-order valence-corrected chi connectivity index (χ1v) is 9.48. The van der Waals surface area contributed by atoms with Crippen molar-refractivity contribution in [1.29, 1.82) is 5.26 Å². The zero-order valence-electron chi connectivity index (χ0n) is 12.1. The first kappa shape index (κ1) is 14.7. The number of hydrogen-bond acceptors (Lipinski definition) is 3. The Hall–Kier alpha value is -1.31. The van der Waals surface area contributed by atoms with Gasteiger partial charge in [-0.25, -0.2) is 0 Å². The van der Waals surface area contributed by atoms with E-state index in [9.17, 15) is 5.26 Å². The summed E-state index contributed by atoms with van der Waals surface area (Å²) in [7, 11) is 2.23. The highest BCUT2D eigenvalue weighted by Gasteiger charge is 2.33. The smallest absolute Gasteiger partial charge is 0.186 e. The van der Waals surface area contributed by atoms with Crippen LogP contribution in [0.25, 0.3) is 0 Å².